The van der Waals surface area contributed by atoms with Gasteiger partial charge in [0, 0.05) is 26.6 Å². The molecule has 0 unspecified atom stereocenters. The molecule has 114 valence electrons. The lowest BCUT2D eigenvalue weighted by Crippen LogP contribution is -2.30. The average Bonchev–Trinajstić information content (AvgIpc) is 2.46. The fraction of sp³-hybridized carbons (Fsp3) is 0.462. The summed E-state index contributed by atoms with van der Waals surface area (Å²) in [6.07, 6.45) is 6.69. The summed E-state index contributed by atoms with van der Waals surface area (Å²) in [5.41, 5.74) is -0.230. The molecule has 1 aromatic rings. The molecule has 1 amide bonds. The van der Waals surface area contributed by atoms with Crippen molar-refractivity contribution in [2.45, 2.75) is 13.0 Å². The van der Waals surface area contributed by atoms with E-state index in [2.05, 4.69) is 21.7 Å². The SMILES string of the molecule is C#CCn1ncc(Cl)c(NCCC(=O)NCCOC)c1=O. The number of rotatable bonds is 8. The number of carbonyl (C=O) groups is 1. The largest absolute Gasteiger partial charge is 0.383 e. The van der Waals surface area contributed by atoms with Crippen LogP contribution in [0.15, 0.2) is 11.0 Å². The van der Waals surface area contributed by atoms with Gasteiger partial charge in [-0.05, 0) is 0 Å². The van der Waals surface area contributed by atoms with Gasteiger partial charge in [-0.25, -0.2) is 4.68 Å². The number of hydrogen-bond acceptors (Lipinski definition) is 5. The van der Waals surface area contributed by atoms with Gasteiger partial charge >= 0.3 is 0 Å². The van der Waals surface area contributed by atoms with Crippen LogP contribution >= 0.6 is 11.6 Å². The van der Waals surface area contributed by atoms with E-state index in [1.165, 1.54) is 6.20 Å². The summed E-state index contributed by atoms with van der Waals surface area (Å²) >= 11 is 5.91. The van der Waals surface area contributed by atoms with Crippen molar-refractivity contribution in [1.82, 2.24) is 15.1 Å². The summed E-state index contributed by atoms with van der Waals surface area (Å²) in [5, 5.41) is 9.51. The normalized spacial score (nSPS) is 9.95. The number of aromatic nitrogens is 2. The maximum absolute atomic E-state index is 12.0. The van der Waals surface area contributed by atoms with E-state index in [0.29, 0.717) is 13.2 Å². The first-order valence-corrected chi connectivity index (χ1v) is 6.66. The molecule has 7 nitrogen and oxygen atoms in total. The monoisotopic (exact) mass is 312 g/mol. The van der Waals surface area contributed by atoms with E-state index in [-0.39, 0.29) is 36.1 Å². The van der Waals surface area contributed by atoms with Crippen LogP contribution in [0.1, 0.15) is 6.42 Å². The maximum atomic E-state index is 12.0. The number of terminal acetylenes is 1. The highest BCUT2D eigenvalue weighted by molar-refractivity contribution is 6.33. The van der Waals surface area contributed by atoms with Crippen LogP contribution in [-0.4, -0.2) is 42.5 Å². The molecule has 0 aliphatic carbocycles. The highest BCUT2D eigenvalue weighted by Gasteiger charge is 2.09. The molecule has 2 N–H and O–H groups in total. The second kappa shape index (κ2) is 9.00. The molecule has 0 saturated carbocycles. The van der Waals surface area contributed by atoms with Gasteiger partial charge in [-0.3, -0.25) is 9.59 Å². The molecule has 0 aliphatic rings. The maximum Gasteiger partial charge on any atom is 0.292 e. The highest BCUT2D eigenvalue weighted by Crippen LogP contribution is 2.14. The molecule has 21 heavy (non-hydrogen) atoms. The van der Waals surface area contributed by atoms with E-state index in [1.807, 2.05) is 0 Å². The van der Waals surface area contributed by atoms with Gasteiger partial charge in [0.15, 0.2) is 0 Å². The van der Waals surface area contributed by atoms with Crippen molar-refractivity contribution in [2.75, 3.05) is 32.1 Å². The van der Waals surface area contributed by atoms with Crippen molar-refractivity contribution >= 4 is 23.2 Å². The third kappa shape index (κ3) is 5.45. The molecule has 0 bridgehead atoms. The van der Waals surface area contributed by atoms with Gasteiger partial charge in [0.25, 0.3) is 5.56 Å². The Balaban J connectivity index is 2.56. The minimum atomic E-state index is -0.416. The van der Waals surface area contributed by atoms with E-state index in [1.54, 1.807) is 7.11 Å². The highest BCUT2D eigenvalue weighted by atomic mass is 35.5. The summed E-state index contributed by atoms with van der Waals surface area (Å²) in [4.78, 5) is 23.5. The van der Waals surface area contributed by atoms with Gasteiger partial charge in [-0.2, -0.15) is 5.10 Å². The molecule has 0 fully saturated rings. The van der Waals surface area contributed by atoms with Crippen LogP contribution in [0.3, 0.4) is 0 Å². The predicted molar refractivity (Wildman–Crippen MR) is 80.3 cm³/mol. The lowest BCUT2D eigenvalue weighted by Gasteiger charge is -2.09. The number of amides is 1. The molecule has 1 aromatic heterocycles. The topological polar surface area (TPSA) is 85.2 Å². The first-order chi connectivity index (χ1) is 10.1. The van der Waals surface area contributed by atoms with Gasteiger partial charge < -0.3 is 15.4 Å². The van der Waals surface area contributed by atoms with Crippen molar-refractivity contribution in [2.24, 2.45) is 0 Å². The number of ether oxygens (including phenoxy) is 1. The summed E-state index contributed by atoms with van der Waals surface area (Å²) < 4.78 is 5.94. The van der Waals surface area contributed by atoms with Gasteiger partial charge in [-0.15, -0.1) is 6.42 Å². The zero-order chi connectivity index (χ0) is 15.7. The number of nitrogens with one attached hydrogen (secondary N) is 2. The van der Waals surface area contributed by atoms with Crippen molar-refractivity contribution in [1.29, 1.82) is 0 Å². The third-order valence-electron chi connectivity index (χ3n) is 2.52. The lowest BCUT2D eigenvalue weighted by atomic mass is 10.3. The van der Waals surface area contributed by atoms with E-state index in [9.17, 15) is 9.59 Å². The Labute approximate surface area is 127 Å². The molecule has 0 atom stereocenters. The number of hydrogen-bond donors (Lipinski definition) is 2. The quantitative estimate of drug-likeness (QED) is 0.525. The number of anilines is 1. The van der Waals surface area contributed by atoms with Crippen LogP contribution < -0.4 is 16.2 Å². The smallest absolute Gasteiger partial charge is 0.292 e. The van der Waals surface area contributed by atoms with Crippen LogP contribution in [0.2, 0.25) is 5.02 Å². The van der Waals surface area contributed by atoms with E-state index < -0.39 is 5.56 Å². The Bertz CT molecular complexity index is 580. The molecule has 8 heteroatoms. The lowest BCUT2D eigenvalue weighted by molar-refractivity contribution is -0.121. The molecular formula is C13H17ClN4O3. The van der Waals surface area contributed by atoms with E-state index in [0.717, 1.165) is 4.68 Å². The van der Waals surface area contributed by atoms with Crippen LogP contribution in [0.4, 0.5) is 5.69 Å². The fourth-order valence-electron chi connectivity index (χ4n) is 1.51. The third-order valence-corrected chi connectivity index (χ3v) is 2.81. The van der Waals surface area contributed by atoms with Crippen LogP contribution in [-0.2, 0) is 16.1 Å². The summed E-state index contributed by atoms with van der Waals surface area (Å²) in [7, 11) is 1.56. The van der Waals surface area contributed by atoms with Gasteiger partial charge in [0.2, 0.25) is 5.91 Å². The second-order valence-corrected chi connectivity index (χ2v) is 4.46. The first-order valence-electron chi connectivity index (χ1n) is 6.28. The fourth-order valence-corrected chi connectivity index (χ4v) is 1.70. The molecule has 1 rings (SSSR count). The molecular weight excluding hydrogens is 296 g/mol. The van der Waals surface area contributed by atoms with Crippen LogP contribution in [0.25, 0.3) is 0 Å². The molecule has 1 heterocycles. The number of halogens is 1. The Hall–Kier alpha value is -2.04. The molecule has 0 aliphatic heterocycles. The molecule has 0 saturated heterocycles. The number of carbonyl (C=O) groups excluding carboxylic acids is 1. The Kier molecular flexibility index (Phi) is 7.29. The van der Waals surface area contributed by atoms with Crippen molar-refractivity contribution in [3.63, 3.8) is 0 Å². The Morgan fingerprint density at radius 3 is 3.00 bits per heavy atom. The Morgan fingerprint density at radius 1 is 1.57 bits per heavy atom. The Morgan fingerprint density at radius 2 is 2.33 bits per heavy atom. The molecule has 0 radical (unpaired) electrons. The van der Waals surface area contributed by atoms with Gasteiger partial charge in [0.05, 0.1) is 17.8 Å². The summed E-state index contributed by atoms with van der Waals surface area (Å²) in [6, 6.07) is 0. The zero-order valence-electron chi connectivity index (χ0n) is 11.7. The van der Waals surface area contributed by atoms with Crippen LogP contribution in [0, 0.1) is 12.3 Å². The minimum absolute atomic E-state index is 0.0577. The van der Waals surface area contributed by atoms with Crippen molar-refractivity contribution in [3.05, 3.63) is 21.6 Å². The minimum Gasteiger partial charge on any atom is -0.383 e. The summed E-state index contributed by atoms with van der Waals surface area (Å²) in [5.74, 6) is 2.18. The van der Waals surface area contributed by atoms with E-state index >= 15 is 0 Å². The standard InChI is InChI=1S/C13H17ClN4O3/c1-3-7-18-13(20)12(10(14)9-17-18)16-5-4-11(19)15-6-8-21-2/h1,9,16H,4-8H2,2H3,(H,15,19). The number of methoxy groups -OCH3 is 1. The van der Waals surface area contributed by atoms with E-state index in [4.69, 9.17) is 22.8 Å². The van der Waals surface area contributed by atoms with Crippen molar-refractivity contribution in [3.8, 4) is 12.3 Å². The zero-order valence-corrected chi connectivity index (χ0v) is 12.4. The van der Waals surface area contributed by atoms with Crippen molar-refractivity contribution < 1.29 is 9.53 Å². The van der Waals surface area contributed by atoms with Gasteiger partial charge in [-0.1, -0.05) is 17.5 Å². The predicted octanol–water partition coefficient (Wildman–Crippen LogP) is 0.0945. The second-order valence-electron chi connectivity index (χ2n) is 4.05. The van der Waals surface area contributed by atoms with Crippen LogP contribution in [0.5, 0.6) is 0 Å². The van der Waals surface area contributed by atoms with Gasteiger partial charge in [0.1, 0.15) is 12.2 Å². The average molecular weight is 313 g/mol. The molecule has 0 spiro atoms. The number of nitrogens with zero attached hydrogens (tertiary/aromatic N) is 2. The summed E-state index contributed by atoms with van der Waals surface area (Å²) in [6.45, 7) is 1.22. The first kappa shape index (κ1) is 17.0. The molecule has 0 aromatic carbocycles.